The molecule has 1 radical (unpaired) electrons. The molecular formula is C10H12NO. The fourth-order valence-corrected chi connectivity index (χ4v) is 1.43. The van der Waals surface area contributed by atoms with Crippen LogP contribution in [-0.4, -0.2) is 13.3 Å². The first-order chi connectivity index (χ1) is 5.90. The molecule has 12 heavy (non-hydrogen) atoms. The van der Waals surface area contributed by atoms with Gasteiger partial charge in [-0.2, -0.15) is 0 Å². The predicted molar refractivity (Wildman–Crippen MR) is 48.9 cm³/mol. The van der Waals surface area contributed by atoms with Crippen molar-refractivity contribution in [2.45, 2.75) is 12.6 Å². The van der Waals surface area contributed by atoms with Gasteiger partial charge in [0.25, 0.3) is 0 Å². The minimum Gasteiger partial charge on any atom is -0.362 e. The molecular weight excluding hydrogens is 150 g/mol. The molecule has 1 aliphatic heterocycles. The molecule has 0 aliphatic carbocycles. The van der Waals surface area contributed by atoms with Gasteiger partial charge in [-0.05, 0) is 24.5 Å². The van der Waals surface area contributed by atoms with Gasteiger partial charge in [-0.3, -0.25) is 0 Å². The summed E-state index contributed by atoms with van der Waals surface area (Å²) in [7, 11) is 1.72. The first-order valence-electron chi connectivity index (χ1n) is 4.12. The number of rotatable bonds is 1. The molecule has 1 unspecified atom stereocenters. The number of fused-ring (bicyclic) bond motifs is 1. The van der Waals surface area contributed by atoms with Crippen molar-refractivity contribution in [3.05, 3.63) is 36.2 Å². The monoisotopic (exact) mass is 162 g/mol. The summed E-state index contributed by atoms with van der Waals surface area (Å²) in [5, 5.41) is 3.29. The van der Waals surface area contributed by atoms with Crippen LogP contribution in [0.15, 0.2) is 24.3 Å². The van der Waals surface area contributed by atoms with E-state index in [1.165, 1.54) is 5.56 Å². The van der Waals surface area contributed by atoms with Crippen molar-refractivity contribution in [1.82, 2.24) is 0 Å². The van der Waals surface area contributed by atoms with Crippen LogP contribution in [0, 0.1) is 6.42 Å². The maximum Gasteiger partial charge on any atom is 0.127 e. The number of nitrogens with one attached hydrogen (secondary N) is 1. The van der Waals surface area contributed by atoms with Crippen LogP contribution in [0.4, 0.5) is 5.69 Å². The molecule has 63 valence electrons. The van der Waals surface area contributed by atoms with Gasteiger partial charge in [-0.15, -0.1) is 0 Å². The van der Waals surface area contributed by atoms with Gasteiger partial charge >= 0.3 is 0 Å². The zero-order chi connectivity index (χ0) is 8.39. The number of para-hydroxylation sites is 1. The minimum absolute atomic E-state index is 0.139. The Hall–Kier alpha value is -1.02. The van der Waals surface area contributed by atoms with Crippen LogP contribution in [0.1, 0.15) is 12.0 Å². The van der Waals surface area contributed by atoms with E-state index in [9.17, 15) is 0 Å². The lowest BCUT2D eigenvalue weighted by molar-refractivity contribution is 0.123. The lowest BCUT2D eigenvalue weighted by Gasteiger charge is -2.25. The van der Waals surface area contributed by atoms with Crippen molar-refractivity contribution in [2.24, 2.45) is 0 Å². The maximum absolute atomic E-state index is 5.21. The van der Waals surface area contributed by atoms with Gasteiger partial charge in [0.15, 0.2) is 0 Å². The summed E-state index contributed by atoms with van der Waals surface area (Å²) in [5.41, 5.74) is 2.43. The summed E-state index contributed by atoms with van der Waals surface area (Å²) >= 11 is 0. The second-order valence-electron chi connectivity index (χ2n) is 2.90. The molecule has 1 aliphatic rings. The Balaban J connectivity index is 2.23. The molecule has 0 saturated heterocycles. The van der Waals surface area contributed by atoms with E-state index in [0.717, 1.165) is 12.1 Å². The molecule has 1 N–H and O–H groups in total. The van der Waals surface area contributed by atoms with Crippen LogP contribution in [0.2, 0.25) is 0 Å². The number of anilines is 1. The number of methoxy groups -OCH3 is 1. The van der Waals surface area contributed by atoms with Gasteiger partial charge in [-0.1, -0.05) is 18.2 Å². The van der Waals surface area contributed by atoms with Crippen LogP contribution in [-0.2, 0) is 4.74 Å². The first kappa shape index (κ1) is 7.62. The molecule has 2 nitrogen and oxygen atoms in total. The van der Waals surface area contributed by atoms with Crippen molar-refractivity contribution in [3.63, 3.8) is 0 Å². The van der Waals surface area contributed by atoms with Crippen molar-refractivity contribution in [1.29, 1.82) is 0 Å². The third-order valence-corrected chi connectivity index (χ3v) is 2.11. The summed E-state index contributed by atoms with van der Waals surface area (Å²) in [4.78, 5) is 0. The third kappa shape index (κ3) is 1.30. The van der Waals surface area contributed by atoms with Crippen LogP contribution < -0.4 is 5.32 Å². The highest BCUT2D eigenvalue weighted by molar-refractivity contribution is 5.56. The van der Waals surface area contributed by atoms with Gasteiger partial charge in [0.2, 0.25) is 0 Å². The van der Waals surface area contributed by atoms with E-state index in [4.69, 9.17) is 4.74 Å². The SMILES string of the molecule is COC1C[CH]c2ccccc2N1. The van der Waals surface area contributed by atoms with E-state index in [-0.39, 0.29) is 6.23 Å². The third-order valence-electron chi connectivity index (χ3n) is 2.11. The number of hydrogen-bond acceptors (Lipinski definition) is 2. The zero-order valence-electron chi connectivity index (χ0n) is 7.08. The molecule has 1 atom stereocenters. The summed E-state index contributed by atoms with van der Waals surface area (Å²) < 4.78 is 5.21. The fourth-order valence-electron chi connectivity index (χ4n) is 1.43. The Morgan fingerprint density at radius 1 is 1.42 bits per heavy atom. The highest BCUT2D eigenvalue weighted by Crippen LogP contribution is 2.25. The molecule has 2 heteroatoms. The standard InChI is InChI=1S/C10H12NO/c1-12-10-7-6-8-4-2-3-5-9(8)11-10/h2-6,10-11H,7H2,1H3. The minimum atomic E-state index is 0.139. The van der Waals surface area contributed by atoms with Gasteiger partial charge in [0.05, 0.1) is 0 Å². The average molecular weight is 162 g/mol. The fraction of sp³-hybridized carbons (Fsp3) is 0.300. The van der Waals surface area contributed by atoms with Crippen LogP contribution >= 0.6 is 0 Å². The summed E-state index contributed by atoms with van der Waals surface area (Å²) in [5.74, 6) is 0. The second kappa shape index (κ2) is 3.15. The predicted octanol–water partition coefficient (Wildman–Crippen LogP) is 2.03. The summed E-state index contributed by atoms with van der Waals surface area (Å²) in [6, 6.07) is 8.24. The maximum atomic E-state index is 5.21. The number of hydrogen-bond donors (Lipinski definition) is 1. The molecule has 0 fully saturated rings. The Morgan fingerprint density at radius 3 is 3.08 bits per heavy atom. The van der Waals surface area contributed by atoms with E-state index < -0.39 is 0 Å². The highest BCUT2D eigenvalue weighted by Gasteiger charge is 2.15. The molecule has 1 aromatic rings. The van der Waals surface area contributed by atoms with Gasteiger partial charge in [0, 0.05) is 12.8 Å². The molecule has 0 bridgehead atoms. The van der Waals surface area contributed by atoms with Gasteiger partial charge in [-0.25, -0.2) is 0 Å². The van der Waals surface area contributed by atoms with Crippen LogP contribution in [0.3, 0.4) is 0 Å². The average Bonchev–Trinajstić information content (AvgIpc) is 2.17. The zero-order valence-corrected chi connectivity index (χ0v) is 7.08. The lowest BCUT2D eigenvalue weighted by atomic mass is 10.0. The Labute approximate surface area is 72.5 Å². The Morgan fingerprint density at radius 2 is 2.25 bits per heavy atom. The van der Waals surface area contributed by atoms with E-state index in [2.05, 4.69) is 23.9 Å². The Bertz CT molecular complexity index is 272. The normalized spacial score (nSPS) is 21.2. The van der Waals surface area contributed by atoms with E-state index >= 15 is 0 Å². The van der Waals surface area contributed by atoms with Crippen LogP contribution in [0.5, 0.6) is 0 Å². The van der Waals surface area contributed by atoms with Crippen molar-refractivity contribution in [2.75, 3.05) is 12.4 Å². The van der Waals surface area contributed by atoms with Crippen molar-refractivity contribution < 1.29 is 4.74 Å². The second-order valence-corrected chi connectivity index (χ2v) is 2.90. The topological polar surface area (TPSA) is 21.3 Å². The number of benzene rings is 1. The van der Waals surface area contributed by atoms with E-state index in [1.807, 2.05) is 12.1 Å². The molecule has 0 amide bonds. The van der Waals surface area contributed by atoms with Crippen molar-refractivity contribution >= 4 is 5.69 Å². The summed E-state index contributed by atoms with van der Waals surface area (Å²) in [6.45, 7) is 0. The molecule has 0 aromatic heterocycles. The van der Waals surface area contributed by atoms with Crippen molar-refractivity contribution in [3.8, 4) is 0 Å². The van der Waals surface area contributed by atoms with E-state index in [1.54, 1.807) is 7.11 Å². The molecule has 2 rings (SSSR count). The number of ether oxygens (including phenoxy) is 1. The quantitative estimate of drug-likeness (QED) is 0.682. The van der Waals surface area contributed by atoms with Gasteiger partial charge in [0.1, 0.15) is 6.23 Å². The summed E-state index contributed by atoms with van der Waals surface area (Å²) in [6.07, 6.45) is 3.27. The first-order valence-corrected chi connectivity index (χ1v) is 4.12. The smallest absolute Gasteiger partial charge is 0.127 e. The molecule has 0 spiro atoms. The molecule has 1 aromatic carbocycles. The van der Waals surface area contributed by atoms with Crippen LogP contribution in [0.25, 0.3) is 0 Å². The lowest BCUT2D eigenvalue weighted by Crippen LogP contribution is -2.25. The largest absolute Gasteiger partial charge is 0.362 e. The Kier molecular flexibility index (Phi) is 2.00. The van der Waals surface area contributed by atoms with Gasteiger partial charge < -0.3 is 10.1 Å². The van der Waals surface area contributed by atoms with E-state index in [0.29, 0.717) is 0 Å². The molecule has 0 saturated carbocycles. The highest BCUT2D eigenvalue weighted by atomic mass is 16.5. The molecule has 1 heterocycles.